The summed E-state index contributed by atoms with van der Waals surface area (Å²) >= 11 is 1.93. The fourth-order valence-corrected chi connectivity index (χ4v) is 2.63. The van der Waals surface area contributed by atoms with Crippen LogP contribution in [0.4, 0.5) is 5.69 Å². The maximum Gasteiger partial charge on any atom is 0.0478 e. The highest BCUT2D eigenvalue weighted by molar-refractivity contribution is 7.99. The average molecular weight is 208 g/mol. The van der Waals surface area contributed by atoms with Crippen LogP contribution in [0, 0.1) is 0 Å². The number of nitrogens with two attached hydrogens (primary N) is 1. The van der Waals surface area contributed by atoms with E-state index in [1.807, 2.05) is 18.7 Å². The van der Waals surface area contributed by atoms with Crippen LogP contribution in [0.15, 0.2) is 23.1 Å². The topological polar surface area (TPSA) is 38.0 Å². The summed E-state index contributed by atoms with van der Waals surface area (Å²) < 4.78 is 0. The van der Waals surface area contributed by atoms with Gasteiger partial charge >= 0.3 is 0 Å². The molecule has 1 aromatic carbocycles. The highest BCUT2D eigenvalue weighted by atomic mass is 32.2. The molecule has 2 nitrogen and oxygen atoms in total. The Labute approximate surface area is 89.3 Å². The zero-order valence-corrected chi connectivity index (χ0v) is 9.23. The molecule has 14 heavy (non-hydrogen) atoms. The van der Waals surface area contributed by atoms with Crippen molar-refractivity contribution in [2.24, 2.45) is 5.73 Å². The van der Waals surface area contributed by atoms with Gasteiger partial charge in [-0.25, -0.2) is 0 Å². The molecule has 1 heterocycles. The predicted molar refractivity (Wildman–Crippen MR) is 63.0 cm³/mol. The first-order chi connectivity index (χ1) is 6.75. The van der Waals surface area contributed by atoms with Gasteiger partial charge in [-0.15, -0.1) is 11.8 Å². The van der Waals surface area contributed by atoms with Crippen molar-refractivity contribution in [1.29, 1.82) is 0 Å². The Morgan fingerprint density at radius 2 is 2.43 bits per heavy atom. The van der Waals surface area contributed by atoms with Crippen LogP contribution in [0.2, 0.25) is 0 Å². The largest absolute Gasteiger partial charge is 0.383 e. The van der Waals surface area contributed by atoms with E-state index in [9.17, 15) is 0 Å². The first-order valence-electron chi connectivity index (χ1n) is 5.01. The summed E-state index contributed by atoms with van der Waals surface area (Å²) in [6.45, 7) is 3.12. The van der Waals surface area contributed by atoms with Crippen molar-refractivity contribution >= 4 is 17.4 Å². The SMILES string of the molecule is CC(N)Cc1ccc2c(c1)SCCN2. The molecule has 0 fully saturated rings. The second-order valence-electron chi connectivity index (χ2n) is 3.79. The molecule has 3 N–H and O–H groups in total. The maximum absolute atomic E-state index is 5.78. The highest BCUT2D eigenvalue weighted by Crippen LogP contribution is 2.31. The first kappa shape index (κ1) is 9.87. The number of rotatable bonds is 2. The van der Waals surface area contributed by atoms with E-state index >= 15 is 0 Å². The number of anilines is 1. The number of hydrogen-bond donors (Lipinski definition) is 2. The van der Waals surface area contributed by atoms with Crippen molar-refractivity contribution in [3.8, 4) is 0 Å². The number of nitrogens with one attached hydrogen (secondary N) is 1. The zero-order chi connectivity index (χ0) is 9.97. The van der Waals surface area contributed by atoms with Gasteiger partial charge in [0.15, 0.2) is 0 Å². The summed E-state index contributed by atoms with van der Waals surface area (Å²) in [7, 11) is 0. The lowest BCUT2D eigenvalue weighted by molar-refractivity contribution is 0.737. The van der Waals surface area contributed by atoms with Gasteiger partial charge in [0.05, 0.1) is 0 Å². The van der Waals surface area contributed by atoms with Crippen molar-refractivity contribution in [2.45, 2.75) is 24.3 Å². The lowest BCUT2D eigenvalue weighted by Crippen LogP contribution is -2.18. The summed E-state index contributed by atoms with van der Waals surface area (Å²) in [4.78, 5) is 1.37. The van der Waals surface area contributed by atoms with E-state index in [0.717, 1.165) is 18.7 Å². The Bertz CT molecular complexity index is 323. The van der Waals surface area contributed by atoms with Gasteiger partial charge in [-0.1, -0.05) is 6.07 Å². The third-order valence-corrected chi connectivity index (χ3v) is 3.34. The van der Waals surface area contributed by atoms with Crippen LogP contribution < -0.4 is 11.1 Å². The normalized spacial score (nSPS) is 17.0. The molecule has 0 bridgehead atoms. The van der Waals surface area contributed by atoms with E-state index in [0.29, 0.717) is 0 Å². The Morgan fingerprint density at radius 3 is 3.21 bits per heavy atom. The van der Waals surface area contributed by atoms with Crippen LogP contribution in [0.5, 0.6) is 0 Å². The van der Waals surface area contributed by atoms with Crippen molar-refractivity contribution in [3.05, 3.63) is 23.8 Å². The Kier molecular flexibility index (Phi) is 2.99. The van der Waals surface area contributed by atoms with Crippen molar-refractivity contribution in [2.75, 3.05) is 17.6 Å². The quantitative estimate of drug-likeness (QED) is 0.781. The molecule has 76 valence electrons. The molecule has 0 saturated carbocycles. The van der Waals surface area contributed by atoms with Crippen LogP contribution in [0.1, 0.15) is 12.5 Å². The molecule has 0 amide bonds. The highest BCUT2D eigenvalue weighted by Gasteiger charge is 2.09. The summed E-state index contributed by atoms with van der Waals surface area (Å²) in [6, 6.07) is 6.84. The van der Waals surface area contributed by atoms with Gasteiger partial charge in [0, 0.05) is 28.9 Å². The van der Waals surface area contributed by atoms with Crippen molar-refractivity contribution in [1.82, 2.24) is 0 Å². The molecule has 0 saturated heterocycles. The molecule has 0 radical (unpaired) electrons. The minimum atomic E-state index is 0.245. The second-order valence-corrected chi connectivity index (χ2v) is 4.92. The molecule has 2 rings (SSSR count). The van der Waals surface area contributed by atoms with E-state index in [-0.39, 0.29) is 6.04 Å². The minimum Gasteiger partial charge on any atom is -0.383 e. The van der Waals surface area contributed by atoms with Crippen LogP contribution in [0.25, 0.3) is 0 Å². The number of fused-ring (bicyclic) bond motifs is 1. The van der Waals surface area contributed by atoms with E-state index in [1.54, 1.807) is 0 Å². The standard InChI is InChI=1S/C11H16N2S/c1-8(12)6-9-2-3-10-11(7-9)14-5-4-13-10/h2-3,7-8,13H,4-6,12H2,1H3. The van der Waals surface area contributed by atoms with Gasteiger partial charge in [0.25, 0.3) is 0 Å². The zero-order valence-electron chi connectivity index (χ0n) is 8.42. The Hall–Kier alpha value is -0.670. The minimum absolute atomic E-state index is 0.245. The number of hydrogen-bond acceptors (Lipinski definition) is 3. The van der Waals surface area contributed by atoms with Crippen molar-refractivity contribution < 1.29 is 0 Å². The monoisotopic (exact) mass is 208 g/mol. The number of thioether (sulfide) groups is 1. The van der Waals surface area contributed by atoms with Gasteiger partial charge < -0.3 is 11.1 Å². The Morgan fingerprint density at radius 1 is 1.57 bits per heavy atom. The lowest BCUT2D eigenvalue weighted by Gasteiger charge is -2.18. The molecule has 1 atom stereocenters. The summed E-state index contributed by atoms with van der Waals surface area (Å²) in [6.07, 6.45) is 0.966. The predicted octanol–water partition coefficient (Wildman–Crippen LogP) is 2.09. The molecule has 1 aliphatic heterocycles. The molecule has 1 unspecified atom stereocenters. The van der Waals surface area contributed by atoms with Crippen LogP contribution >= 0.6 is 11.8 Å². The van der Waals surface area contributed by atoms with E-state index in [2.05, 4.69) is 23.5 Å². The van der Waals surface area contributed by atoms with E-state index in [1.165, 1.54) is 16.1 Å². The Balaban J connectivity index is 2.20. The molecular formula is C11H16N2S. The molecule has 3 heteroatoms. The smallest absolute Gasteiger partial charge is 0.0478 e. The second kappa shape index (κ2) is 4.24. The summed E-state index contributed by atoms with van der Waals surface area (Å²) in [5.41, 5.74) is 8.39. The van der Waals surface area contributed by atoms with Gasteiger partial charge in [-0.05, 0) is 31.0 Å². The van der Waals surface area contributed by atoms with Crippen LogP contribution in [-0.2, 0) is 6.42 Å². The fraction of sp³-hybridized carbons (Fsp3) is 0.455. The fourth-order valence-electron chi connectivity index (χ4n) is 1.68. The maximum atomic E-state index is 5.78. The third kappa shape index (κ3) is 2.22. The van der Waals surface area contributed by atoms with Crippen LogP contribution in [-0.4, -0.2) is 18.3 Å². The van der Waals surface area contributed by atoms with Crippen molar-refractivity contribution in [3.63, 3.8) is 0 Å². The lowest BCUT2D eigenvalue weighted by atomic mass is 10.1. The molecule has 1 aromatic rings. The summed E-state index contributed by atoms with van der Waals surface area (Å²) in [5, 5.41) is 3.39. The van der Waals surface area contributed by atoms with Gasteiger partial charge in [0.1, 0.15) is 0 Å². The molecule has 0 aliphatic carbocycles. The third-order valence-electron chi connectivity index (χ3n) is 2.28. The summed E-state index contributed by atoms with van der Waals surface area (Å²) in [5.74, 6) is 1.16. The molecule has 1 aliphatic rings. The van der Waals surface area contributed by atoms with Gasteiger partial charge in [0.2, 0.25) is 0 Å². The number of benzene rings is 1. The molecule has 0 spiro atoms. The molecular weight excluding hydrogens is 192 g/mol. The van der Waals surface area contributed by atoms with Crippen LogP contribution in [0.3, 0.4) is 0 Å². The first-order valence-corrected chi connectivity index (χ1v) is 5.99. The van der Waals surface area contributed by atoms with E-state index in [4.69, 9.17) is 5.73 Å². The van der Waals surface area contributed by atoms with E-state index < -0.39 is 0 Å². The van der Waals surface area contributed by atoms with Gasteiger partial charge in [-0.3, -0.25) is 0 Å². The van der Waals surface area contributed by atoms with Gasteiger partial charge in [-0.2, -0.15) is 0 Å². The average Bonchev–Trinajstić information content (AvgIpc) is 2.17. The molecule has 0 aromatic heterocycles.